The molecule has 1 amide bonds. The molecule has 1 saturated carbocycles. The Morgan fingerprint density at radius 3 is 2.62 bits per heavy atom. The highest BCUT2D eigenvalue weighted by Crippen LogP contribution is 2.44. The van der Waals surface area contributed by atoms with Crippen LogP contribution >= 0.6 is 0 Å². The van der Waals surface area contributed by atoms with E-state index >= 15 is 0 Å². The topological polar surface area (TPSA) is 46.5 Å². The Morgan fingerprint density at radius 1 is 1.16 bits per heavy atom. The summed E-state index contributed by atoms with van der Waals surface area (Å²) in [5, 5.41) is 4.08. The molecule has 0 bridgehead atoms. The maximum Gasteiger partial charge on any atom is 0.253 e. The van der Waals surface area contributed by atoms with Crippen molar-refractivity contribution in [2.45, 2.75) is 82.3 Å². The smallest absolute Gasteiger partial charge is 0.253 e. The van der Waals surface area contributed by atoms with Crippen molar-refractivity contribution in [3.05, 3.63) is 53.3 Å². The van der Waals surface area contributed by atoms with Crippen molar-refractivity contribution in [1.29, 1.82) is 0 Å². The molecule has 1 aromatic heterocycles. The molecule has 3 heterocycles. The number of hydrogen-bond donors (Lipinski definition) is 1. The van der Waals surface area contributed by atoms with Crippen molar-refractivity contribution in [2.24, 2.45) is 0 Å². The molecule has 5 heteroatoms. The van der Waals surface area contributed by atoms with Crippen molar-refractivity contribution in [1.82, 2.24) is 14.8 Å². The van der Waals surface area contributed by atoms with Crippen molar-refractivity contribution >= 4 is 5.91 Å². The summed E-state index contributed by atoms with van der Waals surface area (Å²) in [7, 11) is 1.69. The number of amides is 1. The maximum absolute atomic E-state index is 13.4. The molecule has 2 fully saturated rings. The molecule has 2 atom stereocenters. The molecule has 2 aromatic rings. The van der Waals surface area contributed by atoms with Crippen LogP contribution in [0.1, 0.15) is 88.4 Å². The van der Waals surface area contributed by atoms with E-state index in [9.17, 15) is 4.79 Å². The Morgan fingerprint density at radius 2 is 1.91 bits per heavy atom. The first-order chi connectivity index (χ1) is 15.3. The minimum Gasteiger partial charge on any atom is -0.496 e. The highest BCUT2D eigenvalue weighted by atomic mass is 16.5. The number of rotatable bonds is 2. The molecule has 1 spiro atoms. The molecule has 3 aliphatic rings. The van der Waals surface area contributed by atoms with E-state index in [1.807, 2.05) is 17.0 Å². The maximum atomic E-state index is 13.4. The first kappa shape index (κ1) is 21.6. The van der Waals surface area contributed by atoms with Gasteiger partial charge in [0.05, 0.1) is 12.6 Å². The van der Waals surface area contributed by atoms with Gasteiger partial charge in [-0.15, -0.1) is 0 Å². The van der Waals surface area contributed by atoms with Crippen LogP contribution < -0.4 is 10.1 Å². The lowest BCUT2D eigenvalue weighted by atomic mass is 9.77. The number of hydrogen-bond acceptors (Lipinski definition) is 3. The van der Waals surface area contributed by atoms with Crippen LogP contribution in [-0.2, 0) is 11.0 Å². The van der Waals surface area contributed by atoms with Gasteiger partial charge in [0.15, 0.2) is 0 Å². The molecule has 2 aliphatic heterocycles. The fourth-order valence-corrected chi connectivity index (χ4v) is 6.25. The Bertz CT molecular complexity index is 1000. The average molecular weight is 438 g/mol. The van der Waals surface area contributed by atoms with Crippen molar-refractivity contribution in [3.63, 3.8) is 0 Å². The van der Waals surface area contributed by atoms with E-state index in [1.54, 1.807) is 7.11 Å². The zero-order chi connectivity index (χ0) is 22.5. The van der Waals surface area contributed by atoms with Crippen LogP contribution in [-0.4, -0.2) is 41.6 Å². The summed E-state index contributed by atoms with van der Waals surface area (Å²) >= 11 is 0. The van der Waals surface area contributed by atoms with Crippen molar-refractivity contribution in [3.8, 4) is 5.75 Å². The second kappa shape index (κ2) is 7.95. The van der Waals surface area contributed by atoms with Gasteiger partial charge in [0, 0.05) is 44.1 Å². The fraction of sp³-hybridized carbons (Fsp3) is 0.593. The van der Waals surface area contributed by atoms with E-state index in [1.165, 1.54) is 31.4 Å². The first-order valence-electron chi connectivity index (χ1n) is 12.3. The number of ether oxygens (including phenoxy) is 1. The third kappa shape index (κ3) is 3.55. The first-order valence-corrected chi connectivity index (χ1v) is 12.3. The number of aromatic nitrogens is 1. The normalized spacial score (nSPS) is 24.7. The molecule has 1 aliphatic carbocycles. The second-order valence-corrected chi connectivity index (χ2v) is 10.9. The van der Waals surface area contributed by atoms with Crippen LogP contribution in [0.3, 0.4) is 0 Å². The van der Waals surface area contributed by atoms with Crippen LogP contribution in [0.25, 0.3) is 0 Å². The molecule has 5 nitrogen and oxygen atoms in total. The molecular weight excluding hydrogens is 398 g/mol. The number of carbonyl (C=O) groups is 1. The van der Waals surface area contributed by atoms with E-state index < -0.39 is 0 Å². The molecule has 1 saturated heterocycles. The van der Waals surface area contributed by atoms with Crippen LogP contribution in [0.5, 0.6) is 5.75 Å². The fourth-order valence-electron chi connectivity index (χ4n) is 6.25. The van der Waals surface area contributed by atoms with Crippen molar-refractivity contribution in [2.75, 3.05) is 20.2 Å². The lowest BCUT2D eigenvalue weighted by Crippen LogP contribution is -2.61. The van der Waals surface area contributed by atoms with E-state index in [0.29, 0.717) is 12.1 Å². The molecular formula is C27H39N3O2. The number of nitrogens with one attached hydrogen (secondary N) is 1. The monoisotopic (exact) mass is 437 g/mol. The van der Waals surface area contributed by atoms with Gasteiger partial charge in [-0.05, 0) is 60.9 Å². The zero-order valence-electron chi connectivity index (χ0n) is 20.0. The minimum atomic E-state index is -0.0248. The molecule has 1 aromatic carbocycles. The molecule has 1 unspecified atom stereocenters. The van der Waals surface area contributed by atoms with E-state index in [4.69, 9.17) is 4.74 Å². The Kier molecular flexibility index (Phi) is 5.36. The summed E-state index contributed by atoms with van der Waals surface area (Å²) < 4.78 is 8.19. The van der Waals surface area contributed by atoms with E-state index in [2.05, 4.69) is 55.1 Å². The van der Waals surface area contributed by atoms with Gasteiger partial charge < -0.3 is 19.5 Å². The standard InChI is InChI=1S/C27H37N3O2.H2/c1-26(2,3)20-12-11-19(18-23(20)32-4)25(31)29-16-13-27(14-17-29)24-10-7-15-30(24)22-9-6-5-8-21(22)28-27;/h7,10-12,15,18,21-22,28H,5-6,8-9,13-14,16-17H2,1-4H3;1H/t21-,22?;/m0./s1. The number of carbonyl (C=O) groups excluding carboxylic acids is 1. The largest absolute Gasteiger partial charge is 0.496 e. The molecule has 32 heavy (non-hydrogen) atoms. The zero-order valence-corrected chi connectivity index (χ0v) is 20.0. The van der Waals surface area contributed by atoms with Crippen LogP contribution in [0.15, 0.2) is 36.5 Å². The molecule has 1 N–H and O–H groups in total. The summed E-state index contributed by atoms with van der Waals surface area (Å²) in [5.41, 5.74) is 3.24. The van der Waals surface area contributed by atoms with Crippen molar-refractivity contribution < 1.29 is 11.0 Å². The van der Waals surface area contributed by atoms with Gasteiger partial charge in [-0.2, -0.15) is 0 Å². The number of fused-ring (bicyclic) bond motifs is 4. The number of likely N-dealkylation sites (tertiary alicyclic amines) is 1. The minimum absolute atomic E-state index is 0. The van der Waals surface area contributed by atoms with Crippen LogP contribution in [0.4, 0.5) is 0 Å². The summed E-state index contributed by atoms with van der Waals surface area (Å²) in [4.78, 5) is 15.4. The SMILES string of the molecule is COc1cc(C(=O)N2CCC3(CC2)N[C@H]2CCCCC2n2cccc23)ccc1C(C)(C)C.[HH]. The predicted octanol–water partition coefficient (Wildman–Crippen LogP) is 5.26. The van der Waals surface area contributed by atoms with Gasteiger partial charge in [0.1, 0.15) is 5.75 Å². The number of nitrogens with zero attached hydrogens (tertiary/aromatic N) is 2. The number of benzene rings is 1. The second-order valence-electron chi connectivity index (χ2n) is 10.9. The Labute approximate surface area is 193 Å². The van der Waals surface area contributed by atoms with Crippen LogP contribution in [0, 0.1) is 0 Å². The summed E-state index contributed by atoms with van der Waals surface area (Å²) in [6, 6.07) is 11.6. The average Bonchev–Trinajstić information content (AvgIpc) is 3.30. The lowest BCUT2D eigenvalue weighted by Gasteiger charge is -2.52. The molecule has 5 rings (SSSR count). The molecule has 174 valence electrons. The van der Waals surface area contributed by atoms with Gasteiger partial charge in [0.25, 0.3) is 5.91 Å². The highest BCUT2D eigenvalue weighted by molar-refractivity contribution is 5.95. The van der Waals surface area contributed by atoms with E-state index in [0.717, 1.165) is 42.8 Å². The van der Waals surface area contributed by atoms with E-state index in [-0.39, 0.29) is 18.3 Å². The lowest BCUT2D eigenvalue weighted by molar-refractivity contribution is 0.0512. The van der Waals surface area contributed by atoms with Gasteiger partial charge in [-0.1, -0.05) is 39.7 Å². The molecule has 0 radical (unpaired) electrons. The summed E-state index contributed by atoms with van der Waals surface area (Å²) in [5.74, 6) is 0.910. The van der Waals surface area contributed by atoms with Gasteiger partial charge in [0.2, 0.25) is 0 Å². The number of methoxy groups -OCH3 is 1. The van der Waals surface area contributed by atoms with Gasteiger partial charge in [-0.3, -0.25) is 4.79 Å². The predicted molar refractivity (Wildman–Crippen MR) is 129 cm³/mol. The summed E-state index contributed by atoms with van der Waals surface area (Å²) in [6.45, 7) is 8.05. The van der Waals surface area contributed by atoms with Gasteiger partial charge >= 0.3 is 0 Å². The third-order valence-electron chi connectivity index (χ3n) is 7.98. The Balaban J connectivity index is 0.00000259. The number of piperidine rings is 1. The van der Waals surface area contributed by atoms with Gasteiger partial charge in [-0.25, -0.2) is 0 Å². The Hall–Kier alpha value is -2.27. The summed E-state index contributed by atoms with van der Waals surface area (Å²) in [6.07, 6.45) is 9.37. The third-order valence-corrected chi connectivity index (χ3v) is 7.98. The highest BCUT2D eigenvalue weighted by Gasteiger charge is 2.46. The van der Waals surface area contributed by atoms with Crippen LogP contribution in [0.2, 0.25) is 0 Å². The quantitative estimate of drug-likeness (QED) is 0.697.